The maximum absolute atomic E-state index is 14.3. The van der Waals surface area contributed by atoms with E-state index >= 15 is 0 Å². The average Bonchev–Trinajstić information content (AvgIpc) is 2.50. The fraction of sp³-hybridized carbons (Fsp3) is 0.647. The molecule has 1 aliphatic carbocycles. The van der Waals surface area contributed by atoms with Crippen LogP contribution in [0.25, 0.3) is 0 Å². The maximum Gasteiger partial charge on any atom is 0.169 e. The molecule has 0 amide bonds. The second kappa shape index (κ2) is 6.32. The number of methoxy groups -OCH3 is 1. The number of hydrogen-bond acceptors (Lipinski definition) is 3. The summed E-state index contributed by atoms with van der Waals surface area (Å²) in [6.45, 7) is 3.69. The number of rotatable bonds is 3. The third-order valence-corrected chi connectivity index (χ3v) is 4.92. The van der Waals surface area contributed by atoms with Crippen LogP contribution in [-0.4, -0.2) is 37.2 Å². The highest BCUT2D eigenvalue weighted by Gasteiger charge is 2.36. The van der Waals surface area contributed by atoms with Crippen LogP contribution in [0.5, 0.6) is 5.75 Å². The summed E-state index contributed by atoms with van der Waals surface area (Å²) in [7, 11) is 1.52. The number of ether oxygens (including phenoxy) is 1. The van der Waals surface area contributed by atoms with Crippen molar-refractivity contribution in [1.82, 2.24) is 10.2 Å². The van der Waals surface area contributed by atoms with Crippen molar-refractivity contribution >= 4 is 0 Å². The summed E-state index contributed by atoms with van der Waals surface area (Å²) in [6.07, 6.45) is 6.49. The zero-order chi connectivity index (χ0) is 14.7. The van der Waals surface area contributed by atoms with Crippen LogP contribution < -0.4 is 10.1 Å². The summed E-state index contributed by atoms with van der Waals surface area (Å²) in [5.41, 5.74) is 1.01. The van der Waals surface area contributed by atoms with Crippen LogP contribution in [0.1, 0.15) is 37.7 Å². The highest BCUT2D eigenvalue weighted by atomic mass is 19.1. The molecule has 1 N–H and O–H groups in total. The molecule has 0 atom stereocenters. The number of halogens is 1. The quantitative estimate of drug-likeness (QED) is 0.927. The Morgan fingerprint density at radius 2 is 2.10 bits per heavy atom. The first-order valence-corrected chi connectivity index (χ1v) is 8.01. The topological polar surface area (TPSA) is 24.5 Å². The number of nitrogens with zero attached hydrogens (tertiary/aromatic N) is 1. The van der Waals surface area contributed by atoms with Gasteiger partial charge in [-0.2, -0.15) is 0 Å². The van der Waals surface area contributed by atoms with Gasteiger partial charge in [-0.05, 0) is 18.9 Å². The minimum Gasteiger partial charge on any atom is -0.494 e. The normalized spacial score (nSPS) is 22.4. The molecule has 0 radical (unpaired) electrons. The van der Waals surface area contributed by atoms with Gasteiger partial charge in [0.1, 0.15) is 0 Å². The Balaban J connectivity index is 1.70. The van der Waals surface area contributed by atoms with E-state index in [1.807, 2.05) is 12.1 Å². The molecular weight excluding hydrogens is 267 g/mol. The lowest BCUT2D eigenvalue weighted by molar-refractivity contribution is 0.0936. The van der Waals surface area contributed by atoms with E-state index in [-0.39, 0.29) is 11.4 Å². The van der Waals surface area contributed by atoms with Crippen LogP contribution >= 0.6 is 0 Å². The van der Waals surface area contributed by atoms with Crippen LogP contribution in [0.3, 0.4) is 0 Å². The predicted octanol–water partition coefficient (Wildman–Crippen LogP) is 2.94. The van der Waals surface area contributed by atoms with Crippen molar-refractivity contribution in [3.63, 3.8) is 0 Å². The molecule has 1 aromatic rings. The van der Waals surface area contributed by atoms with Crippen LogP contribution in [0.4, 0.5) is 4.39 Å². The van der Waals surface area contributed by atoms with Crippen molar-refractivity contribution in [1.29, 1.82) is 0 Å². The molecule has 1 saturated heterocycles. The third-order valence-electron chi connectivity index (χ3n) is 4.92. The molecule has 0 aromatic heterocycles. The fourth-order valence-corrected chi connectivity index (χ4v) is 3.82. The zero-order valence-corrected chi connectivity index (χ0v) is 12.8. The van der Waals surface area contributed by atoms with E-state index in [4.69, 9.17) is 4.74 Å². The van der Waals surface area contributed by atoms with Crippen LogP contribution in [0, 0.1) is 5.82 Å². The van der Waals surface area contributed by atoms with E-state index in [2.05, 4.69) is 10.2 Å². The van der Waals surface area contributed by atoms with Gasteiger partial charge in [0.2, 0.25) is 0 Å². The first-order chi connectivity index (χ1) is 10.2. The molecule has 1 heterocycles. The minimum atomic E-state index is -0.212. The maximum atomic E-state index is 14.3. The van der Waals surface area contributed by atoms with Crippen molar-refractivity contribution in [3.05, 3.63) is 29.6 Å². The molecule has 1 aromatic carbocycles. The summed E-state index contributed by atoms with van der Waals surface area (Å²) < 4.78 is 19.4. The Morgan fingerprint density at radius 1 is 1.29 bits per heavy atom. The van der Waals surface area contributed by atoms with Gasteiger partial charge in [-0.3, -0.25) is 4.90 Å². The molecule has 4 heteroatoms. The van der Waals surface area contributed by atoms with E-state index in [1.54, 1.807) is 6.07 Å². The van der Waals surface area contributed by atoms with E-state index in [9.17, 15) is 4.39 Å². The Kier molecular flexibility index (Phi) is 4.45. The summed E-state index contributed by atoms with van der Waals surface area (Å²) in [6, 6.07) is 5.42. The molecule has 3 rings (SSSR count). The predicted molar refractivity (Wildman–Crippen MR) is 82.0 cm³/mol. The second-order valence-electron chi connectivity index (χ2n) is 6.41. The molecule has 0 unspecified atom stereocenters. The standard InChI is InChI=1S/C17H25FN2O/c1-21-15-7-5-6-14(16(15)18)12-20-11-10-19-17(13-20)8-3-2-4-9-17/h5-7,19H,2-4,8-13H2,1H3. The molecule has 1 spiro atoms. The van der Waals surface area contributed by atoms with E-state index < -0.39 is 0 Å². The Bertz CT molecular complexity index is 480. The van der Waals surface area contributed by atoms with Crippen LogP contribution in [0.15, 0.2) is 18.2 Å². The number of hydrogen-bond donors (Lipinski definition) is 1. The van der Waals surface area contributed by atoms with E-state index in [0.29, 0.717) is 12.3 Å². The van der Waals surface area contributed by atoms with Crippen molar-refractivity contribution in [2.45, 2.75) is 44.2 Å². The highest BCUT2D eigenvalue weighted by molar-refractivity contribution is 5.31. The molecule has 21 heavy (non-hydrogen) atoms. The molecule has 116 valence electrons. The summed E-state index contributed by atoms with van der Waals surface area (Å²) >= 11 is 0. The van der Waals surface area contributed by atoms with Crippen LogP contribution in [-0.2, 0) is 6.54 Å². The highest BCUT2D eigenvalue weighted by Crippen LogP contribution is 2.31. The van der Waals surface area contributed by atoms with Crippen molar-refractivity contribution < 1.29 is 9.13 Å². The first kappa shape index (κ1) is 14.8. The Morgan fingerprint density at radius 3 is 2.86 bits per heavy atom. The van der Waals surface area contributed by atoms with Gasteiger partial charge in [-0.1, -0.05) is 31.4 Å². The van der Waals surface area contributed by atoms with Gasteiger partial charge in [-0.25, -0.2) is 4.39 Å². The first-order valence-electron chi connectivity index (χ1n) is 8.01. The lowest BCUT2D eigenvalue weighted by Crippen LogP contribution is -2.60. The molecule has 2 fully saturated rings. The SMILES string of the molecule is COc1cccc(CN2CCNC3(CCCCC3)C2)c1F. The van der Waals surface area contributed by atoms with Gasteiger partial charge in [-0.15, -0.1) is 0 Å². The monoisotopic (exact) mass is 292 g/mol. The Labute approximate surface area is 126 Å². The molecular formula is C17H25FN2O. The average molecular weight is 292 g/mol. The Hall–Kier alpha value is -1.13. The van der Waals surface area contributed by atoms with Crippen molar-refractivity contribution in [3.8, 4) is 5.75 Å². The van der Waals surface area contributed by atoms with E-state index in [0.717, 1.165) is 25.2 Å². The number of piperazine rings is 1. The largest absolute Gasteiger partial charge is 0.494 e. The molecule has 3 nitrogen and oxygen atoms in total. The van der Waals surface area contributed by atoms with Gasteiger partial charge in [0.05, 0.1) is 7.11 Å². The molecule has 1 aliphatic heterocycles. The molecule has 1 saturated carbocycles. The fourth-order valence-electron chi connectivity index (χ4n) is 3.82. The molecule has 0 bridgehead atoms. The van der Waals surface area contributed by atoms with Gasteiger partial charge in [0, 0.05) is 37.3 Å². The minimum absolute atomic E-state index is 0.212. The molecule has 2 aliphatic rings. The zero-order valence-electron chi connectivity index (χ0n) is 12.8. The van der Waals surface area contributed by atoms with Gasteiger partial charge in [0.25, 0.3) is 0 Å². The van der Waals surface area contributed by atoms with Gasteiger partial charge < -0.3 is 10.1 Å². The summed E-state index contributed by atoms with van der Waals surface area (Å²) in [4.78, 5) is 2.39. The van der Waals surface area contributed by atoms with Crippen molar-refractivity contribution in [2.24, 2.45) is 0 Å². The lowest BCUT2D eigenvalue weighted by Gasteiger charge is -2.46. The van der Waals surface area contributed by atoms with Gasteiger partial charge >= 0.3 is 0 Å². The third kappa shape index (κ3) is 3.22. The lowest BCUT2D eigenvalue weighted by atomic mass is 9.80. The van der Waals surface area contributed by atoms with Crippen LogP contribution in [0.2, 0.25) is 0 Å². The van der Waals surface area contributed by atoms with Gasteiger partial charge in [0.15, 0.2) is 11.6 Å². The van der Waals surface area contributed by atoms with E-state index in [1.165, 1.54) is 39.2 Å². The smallest absolute Gasteiger partial charge is 0.169 e. The van der Waals surface area contributed by atoms with Crippen molar-refractivity contribution in [2.75, 3.05) is 26.7 Å². The number of benzene rings is 1. The second-order valence-corrected chi connectivity index (χ2v) is 6.41. The summed E-state index contributed by atoms with van der Waals surface area (Å²) in [5.74, 6) is 0.131. The summed E-state index contributed by atoms with van der Waals surface area (Å²) in [5, 5.41) is 3.73. The number of nitrogens with one attached hydrogen (secondary N) is 1.